The number of nitrogens with one attached hydrogen (secondary N) is 1. The van der Waals surface area contributed by atoms with Crippen molar-refractivity contribution in [1.29, 1.82) is 0 Å². The van der Waals surface area contributed by atoms with Gasteiger partial charge in [0, 0.05) is 29.4 Å². The molecule has 0 aliphatic heterocycles. The van der Waals surface area contributed by atoms with Crippen LogP contribution in [0.15, 0.2) is 61.1 Å². The second-order valence-corrected chi connectivity index (χ2v) is 5.32. The van der Waals surface area contributed by atoms with Crippen LogP contribution in [0.4, 0.5) is 0 Å². The molecule has 0 fully saturated rings. The maximum absolute atomic E-state index is 4.78. The molecule has 0 amide bonds. The summed E-state index contributed by atoms with van der Waals surface area (Å²) in [7, 11) is 0. The van der Waals surface area contributed by atoms with Crippen LogP contribution >= 0.6 is 0 Å². The van der Waals surface area contributed by atoms with E-state index in [9.17, 15) is 0 Å². The third kappa shape index (κ3) is 1.73. The van der Waals surface area contributed by atoms with Gasteiger partial charge >= 0.3 is 0 Å². The molecule has 0 spiro atoms. The second-order valence-electron chi connectivity index (χ2n) is 5.32. The van der Waals surface area contributed by atoms with Crippen LogP contribution in [0.25, 0.3) is 44.4 Å². The van der Waals surface area contributed by atoms with Gasteiger partial charge in [0.15, 0.2) is 5.82 Å². The number of imidazole rings is 1. The van der Waals surface area contributed by atoms with Crippen LogP contribution in [0, 0.1) is 0 Å². The van der Waals surface area contributed by atoms with Crippen molar-refractivity contribution in [1.82, 2.24) is 24.9 Å². The van der Waals surface area contributed by atoms with Crippen LogP contribution in [0.3, 0.4) is 0 Å². The molecule has 5 rings (SSSR count). The standard InChI is InChI=1S/C18H11N5/c1-2-8-19-13(7-1)18-22-16-11-5-3-9-20-14(11)15-12(17(16)23-18)6-4-10-21-15/h1-10H,(H,22,23). The Hall–Kier alpha value is -3.34. The maximum Gasteiger partial charge on any atom is 0.157 e. The summed E-state index contributed by atoms with van der Waals surface area (Å²) < 4.78 is 0. The first-order valence-corrected chi connectivity index (χ1v) is 7.34. The number of H-pyrrole nitrogens is 1. The lowest BCUT2D eigenvalue weighted by molar-refractivity contribution is 1.24. The Balaban J connectivity index is 1.99. The van der Waals surface area contributed by atoms with Gasteiger partial charge in [-0.1, -0.05) is 6.07 Å². The van der Waals surface area contributed by atoms with Gasteiger partial charge in [0.25, 0.3) is 0 Å². The summed E-state index contributed by atoms with van der Waals surface area (Å²) in [5, 5.41) is 2.01. The van der Waals surface area contributed by atoms with Crippen molar-refractivity contribution in [2.75, 3.05) is 0 Å². The summed E-state index contributed by atoms with van der Waals surface area (Å²) in [5.74, 6) is 0.752. The number of rotatable bonds is 1. The molecule has 108 valence electrons. The van der Waals surface area contributed by atoms with Crippen molar-refractivity contribution in [2.45, 2.75) is 0 Å². The van der Waals surface area contributed by atoms with Crippen molar-refractivity contribution in [3.8, 4) is 11.5 Å². The monoisotopic (exact) mass is 297 g/mol. The molecule has 5 heteroatoms. The van der Waals surface area contributed by atoms with E-state index in [4.69, 9.17) is 4.98 Å². The van der Waals surface area contributed by atoms with E-state index in [0.29, 0.717) is 0 Å². The molecule has 0 unspecified atom stereocenters. The fourth-order valence-electron chi connectivity index (χ4n) is 2.97. The van der Waals surface area contributed by atoms with E-state index in [1.165, 1.54) is 0 Å². The number of pyridine rings is 3. The zero-order valence-electron chi connectivity index (χ0n) is 12.1. The molecule has 0 saturated heterocycles. The third-order valence-corrected chi connectivity index (χ3v) is 3.98. The van der Waals surface area contributed by atoms with E-state index in [1.54, 1.807) is 18.6 Å². The van der Waals surface area contributed by atoms with Gasteiger partial charge in [-0.05, 0) is 36.4 Å². The molecule has 4 aromatic heterocycles. The fraction of sp³-hybridized carbons (Fsp3) is 0. The van der Waals surface area contributed by atoms with Crippen molar-refractivity contribution < 1.29 is 0 Å². The lowest BCUT2D eigenvalue weighted by Gasteiger charge is -2.03. The number of hydrogen-bond acceptors (Lipinski definition) is 4. The molecular weight excluding hydrogens is 286 g/mol. The van der Waals surface area contributed by atoms with Gasteiger partial charge in [-0.3, -0.25) is 15.0 Å². The quantitative estimate of drug-likeness (QED) is 0.479. The number of benzene rings is 1. The summed E-state index contributed by atoms with van der Waals surface area (Å²) in [4.78, 5) is 21.6. The lowest BCUT2D eigenvalue weighted by atomic mass is 10.1. The molecule has 5 aromatic rings. The van der Waals surface area contributed by atoms with Crippen LogP contribution in [0.2, 0.25) is 0 Å². The molecule has 0 saturated carbocycles. The van der Waals surface area contributed by atoms with Crippen molar-refractivity contribution in [3.05, 3.63) is 61.1 Å². The molecule has 23 heavy (non-hydrogen) atoms. The molecule has 0 aliphatic carbocycles. The largest absolute Gasteiger partial charge is 0.336 e. The number of nitrogens with zero attached hydrogens (tertiary/aromatic N) is 4. The Morgan fingerprint density at radius 3 is 2.17 bits per heavy atom. The van der Waals surface area contributed by atoms with E-state index in [-0.39, 0.29) is 0 Å². The first-order valence-electron chi connectivity index (χ1n) is 7.34. The second kappa shape index (κ2) is 4.58. The minimum atomic E-state index is 0.752. The Kier molecular flexibility index (Phi) is 2.43. The van der Waals surface area contributed by atoms with Crippen LogP contribution in [-0.2, 0) is 0 Å². The van der Waals surface area contributed by atoms with Gasteiger partial charge in [0.2, 0.25) is 0 Å². The molecule has 1 aromatic carbocycles. The first kappa shape index (κ1) is 12.2. The fourth-order valence-corrected chi connectivity index (χ4v) is 2.97. The zero-order valence-corrected chi connectivity index (χ0v) is 12.1. The Morgan fingerprint density at radius 1 is 0.652 bits per heavy atom. The first-order chi connectivity index (χ1) is 11.4. The van der Waals surface area contributed by atoms with E-state index >= 15 is 0 Å². The van der Waals surface area contributed by atoms with Crippen molar-refractivity contribution in [2.24, 2.45) is 0 Å². The highest BCUT2D eigenvalue weighted by Crippen LogP contribution is 2.32. The highest BCUT2D eigenvalue weighted by molar-refractivity contribution is 6.20. The van der Waals surface area contributed by atoms with Crippen LogP contribution in [-0.4, -0.2) is 24.9 Å². The predicted octanol–water partition coefficient (Wildman–Crippen LogP) is 3.72. The smallest absolute Gasteiger partial charge is 0.157 e. The number of aromatic nitrogens is 5. The molecular formula is C18H11N5. The summed E-state index contributed by atoms with van der Waals surface area (Å²) in [5.41, 5.74) is 4.43. The Labute approximate surface area is 131 Å². The summed E-state index contributed by atoms with van der Waals surface area (Å²) in [6.45, 7) is 0. The topological polar surface area (TPSA) is 67.3 Å². The lowest BCUT2D eigenvalue weighted by Crippen LogP contribution is -1.86. The van der Waals surface area contributed by atoms with Gasteiger partial charge in [0.1, 0.15) is 5.69 Å². The van der Waals surface area contributed by atoms with Crippen molar-refractivity contribution in [3.63, 3.8) is 0 Å². The average Bonchev–Trinajstić information content (AvgIpc) is 3.09. The number of aromatic amines is 1. The van der Waals surface area contributed by atoms with E-state index in [1.807, 2.05) is 42.5 Å². The predicted molar refractivity (Wildman–Crippen MR) is 89.9 cm³/mol. The highest BCUT2D eigenvalue weighted by atomic mass is 15.0. The minimum absolute atomic E-state index is 0.752. The molecule has 0 aliphatic rings. The SMILES string of the molecule is c1ccc(-c2nc3c4cccnc4c4ncccc4c3[nH]2)nc1. The van der Waals surface area contributed by atoms with Crippen molar-refractivity contribution >= 4 is 32.8 Å². The van der Waals surface area contributed by atoms with Gasteiger partial charge in [-0.15, -0.1) is 0 Å². The Bertz CT molecular complexity index is 1090. The van der Waals surface area contributed by atoms with Gasteiger partial charge in [-0.2, -0.15) is 0 Å². The van der Waals surface area contributed by atoms with Gasteiger partial charge in [0.05, 0.1) is 22.1 Å². The number of fused-ring (bicyclic) bond motifs is 6. The minimum Gasteiger partial charge on any atom is -0.336 e. The molecule has 4 heterocycles. The maximum atomic E-state index is 4.78. The van der Waals surface area contributed by atoms with Crippen LogP contribution in [0.5, 0.6) is 0 Å². The normalized spacial score (nSPS) is 11.5. The summed E-state index contributed by atoms with van der Waals surface area (Å²) >= 11 is 0. The molecule has 0 atom stereocenters. The van der Waals surface area contributed by atoms with Crippen LogP contribution < -0.4 is 0 Å². The highest BCUT2D eigenvalue weighted by Gasteiger charge is 2.15. The third-order valence-electron chi connectivity index (χ3n) is 3.98. The summed E-state index contributed by atoms with van der Waals surface area (Å²) in [6.07, 6.45) is 5.34. The van der Waals surface area contributed by atoms with E-state index < -0.39 is 0 Å². The van der Waals surface area contributed by atoms with Gasteiger partial charge < -0.3 is 4.98 Å². The van der Waals surface area contributed by atoms with Gasteiger partial charge in [-0.25, -0.2) is 4.98 Å². The summed E-state index contributed by atoms with van der Waals surface area (Å²) in [6, 6.07) is 13.7. The molecule has 1 N–H and O–H groups in total. The van der Waals surface area contributed by atoms with E-state index in [2.05, 4.69) is 19.9 Å². The zero-order chi connectivity index (χ0) is 15.2. The average molecular weight is 297 g/mol. The molecule has 0 bridgehead atoms. The Morgan fingerprint density at radius 2 is 1.39 bits per heavy atom. The van der Waals surface area contributed by atoms with E-state index in [0.717, 1.165) is 44.4 Å². The molecule has 0 radical (unpaired) electrons. The van der Waals surface area contributed by atoms with Crippen LogP contribution in [0.1, 0.15) is 0 Å². The number of hydrogen-bond donors (Lipinski definition) is 1. The molecule has 5 nitrogen and oxygen atoms in total.